The van der Waals surface area contributed by atoms with Crippen molar-refractivity contribution in [1.82, 2.24) is 9.55 Å². The number of alkyl halides is 2. The second-order valence-electron chi connectivity index (χ2n) is 6.32. The topological polar surface area (TPSA) is 65.4 Å². The molecule has 0 aliphatic rings. The number of benzene rings is 2. The van der Waals surface area contributed by atoms with Crippen molar-refractivity contribution in [3.8, 4) is 11.5 Å². The standard InChI is InChI=1S/C20H17F4N3O3/c1-11-5-15(30-19(23)24)3-4-16(11)25-20-26-18(28)17(29-2)10-27(20)9-12-6-13(21)8-14(22)7-12/h3-8,10,19H,9H2,1-2H3,(H,25,26,28). The lowest BCUT2D eigenvalue weighted by atomic mass is 10.2. The summed E-state index contributed by atoms with van der Waals surface area (Å²) >= 11 is 0. The summed E-state index contributed by atoms with van der Waals surface area (Å²) in [5.74, 6) is -1.51. The normalized spacial score (nSPS) is 10.9. The van der Waals surface area contributed by atoms with Gasteiger partial charge in [0.25, 0.3) is 0 Å². The first-order valence-corrected chi connectivity index (χ1v) is 8.68. The number of aromatic nitrogens is 2. The first-order chi connectivity index (χ1) is 14.2. The largest absolute Gasteiger partial charge is 0.490 e. The van der Waals surface area contributed by atoms with Crippen LogP contribution in [0.2, 0.25) is 0 Å². The van der Waals surface area contributed by atoms with E-state index < -0.39 is 23.8 Å². The Morgan fingerprint density at radius 2 is 1.83 bits per heavy atom. The molecule has 0 saturated heterocycles. The van der Waals surface area contributed by atoms with Crippen molar-refractivity contribution >= 4 is 11.6 Å². The van der Waals surface area contributed by atoms with Crippen molar-refractivity contribution in [1.29, 1.82) is 0 Å². The Hall–Kier alpha value is -3.56. The van der Waals surface area contributed by atoms with Crippen LogP contribution in [-0.4, -0.2) is 23.3 Å². The molecule has 2 aromatic carbocycles. The molecule has 3 aromatic rings. The molecular formula is C20H17F4N3O3. The molecule has 1 aromatic heterocycles. The van der Waals surface area contributed by atoms with Crippen molar-refractivity contribution in [2.24, 2.45) is 0 Å². The van der Waals surface area contributed by atoms with Crippen molar-refractivity contribution in [3.63, 3.8) is 0 Å². The predicted molar refractivity (Wildman–Crippen MR) is 102 cm³/mol. The molecule has 1 N–H and O–H groups in total. The fourth-order valence-corrected chi connectivity index (χ4v) is 2.81. The summed E-state index contributed by atoms with van der Waals surface area (Å²) in [4.78, 5) is 16.0. The van der Waals surface area contributed by atoms with Crippen molar-refractivity contribution in [2.75, 3.05) is 12.4 Å². The number of methoxy groups -OCH3 is 1. The number of ether oxygens (including phenoxy) is 2. The number of anilines is 2. The number of hydrogen-bond acceptors (Lipinski definition) is 5. The van der Waals surface area contributed by atoms with Gasteiger partial charge in [-0.15, -0.1) is 0 Å². The molecule has 0 saturated carbocycles. The molecule has 6 nitrogen and oxygen atoms in total. The number of rotatable bonds is 7. The molecule has 0 aliphatic heterocycles. The van der Waals surface area contributed by atoms with Crippen LogP contribution in [0.15, 0.2) is 47.4 Å². The molecule has 0 aliphatic carbocycles. The van der Waals surface area contributed by atoms with E-state index in [1.165, 1.54) is 36.1 Å². The average molecular weight is 423 g/mol. The van der Waals surface area contributed by atoms with E-state index in [4.69, 9.17) is 4.74 Å². The van der Waals surface area contributed by atoms with Gasteiger partial charge in [-0.3, -0.25) is 4.79 Å². The minimum absolute atomic E-state index is 0.0215. The molecule has 0 amide bonds. The third kappa shape index (κ3) is 5.07. The third-order valence-corrected chi connectivity index (χ3v) is 4.13. The molecule has 0 unspecified atom stereocenters. The summed E-state index contributed by atoms with van der Waals surface area (Å²) in [7, 11) is 1.30. The number of hydrogen-bond donors (Lipinski definition) is 1. The van der Waals surface area contributed by atoms with Crippen molar-refractivity contribution in [2.45, 2.75) is 20.1 Å². The van der Waals surface area contributed by atoms with E-state index in [2.05, 4.69) is 15.0 Å². The quantitative estimate of drug-likeness (QED) is 0.576. The minimum Gasteiger partial charge on any atom is -0.490 e. The Balaban J connectivity index is 1.97. The van der Waals surface area contributed by atoms with Gasteiger partial charge in [-0.05, 0) is 48.4 Å². The smallest absolute Gasteiger partial charge is 0.387 e. The van der Waals surface area contributed by atoms with Gasteiger partial charge in [0, 0.05) is 11.8 Å². The number of nitrogens with zero attached hydrogens (tertiary/aromatic N) is 2. The van der Waals surface area contributed by atoms with Crippen LogP contribution in [0.4, 0.5) is 29.2 Å². The summed E-state index contributed by atoms with van der Waals surface area (Å²) in [6, 6.07) is 7.26. The first kappa shape index (κ1) is 21.2. The van der Waals surface area contributed by atoms with E-state index in [0.29, 0.717) is 16.8 Å². The number of aryl methyl sites for hydroxylation is 1. The van der Waals surface area contributed by atoms with Gasteiger partial charge < -0.3 is 19.4 Å². The number of halogens is 4. The van der Waals surface area contributed by atoms with Gasteiger partial charge in [0.2, 0.25) is 11.7 Å². The highest BCUT2D eigenvalue weighted by Crippen LogP contribution is 2.25. The molecular weight excluding hydrogens is 406 g/mol. The van der Waals surface area contributed by atoms with Crippen LogP contribution in [0.5, 0.6) is 11.5 Å². The van der Waals surface area contributed by atoms with Crippen LogP contribution in [0.25, 0.3) is 0 Å². The Labute approximate surface area is 168 Å². The van der Waals surface area contributed by atoms with Crippen LogP contribution in [-0.2, 0) is 6.54 Å². The van der Waals surface area contributed by atoms with Gasteiger partial charge in [-0.1, -0.05) is 0 Å². The molecule has 3 rings (SSSR count). The van der Waals surface area contributed by atoms with E-state index in [-0.39, 0.29) is 24.0 Å². The fraction of sp³-hybridized carbons (Fsp3) is 0.200. The van der Waals surface area contributed by atoms with Gasteiger partial charge in [0.15, 0.2) is 0 Å². The molecule has 30 heavy (non-hydrogen) atoms. The lowest BCUT2D eigenvalue weighted by Gasteiger charge is -2.17. The molecule has 0 spiro atoms. The average Bonchev–Trinajstić information content (AvgIpc) is 2.64. The predicted octanol–water partition coefficient (Wildman–Crippen LogP) is 4.23. The van der Waals surface area contributed by atoms with Crippen LogP contribution >= 0.6 is 0 Å². The Kier molecular flexibility index (Phi) is 6.24. The lowest BCUT2D eigenvalue weighted by molar-refractivity contribution is -0.0498. The molecule has 1 heterocycles. The van der Waals surface area contributed by atoms with Crippen LogP contribution in [0.3, 0.4) is 0 Å². The van der Waals surface area contributed by atoms with Gasteiger partial charge in [-0.2, -0.15) is 13.8 Å². The second-order valence-corrected chi connectivity index (χ2v) is 6.32. The van der Waals surface area contributed by atoms with Gasteiger partial charge in [0.1, 0.15) is 17.4 Å². The van der Waals surface area contributed by atoms with E-state index in [9.17, 15) is 22.4 Å². The highest BCUT2D eigenvalue weighted by atomic mass is 19.3. The zero-order chi connectivity index (χ0) is 21.8. The third-order valence-electron chi connectivity index (χ3n) is 4.13. The van der Waals surface area contributed by atoms with E-state index >= 15 is 0 Å². The minimum atomic E-state index is -2.96. The maximum Gasteiger partial charge on any atom is 0.387 e. The van der Waals surface area contributed by atoms with Crippen molar-refractivity contribution < 1.29 is 27.0 Å². The Morgan fingerprint density at radius 1 is 1.13 bits per heavy atom. The Bertz CT molecular complexity index is 1100. The van der Waals surface area contributed by atoms with Gasteiger partial charge in [-0.25, -0.2) is 8.78 Å². The highest BCUT2D eigenvalue weighted by Gasteiger charge is 2.13. The lowest BCUT2D eigenvalue weighted by Crippen LogP contribution is -2.19. The summed E-state index contributed by atoms with van der Waals surface area (Å²) in [6.45, 7) is -1.33. The summed E-state index contributed by atoms with van der Waals surface area (Å²) in [6.07, 6.45) is 1.35. The van der Waals surface area contributed by atoms with Crippen LogP contribution in [0, 0.1) is 18.6 Å². The highest BCUT2D eigenvalue weighted by molar-refractivity contribution is 5.60. The summed E-state index contributed by atoms with van der Waals surface area (Å²) in [5, 5.41) is 2.93. The van der Waals surface area contributed by atoms with E-state index in [1.807, 2.05) is 0 Å². The SMILES string of the molecule is COc1cn(Cc2cc(F)cc(F)c2)c(Nc2ccc(OC(F)F)cc2C)nc1=O. The molecule has 0 atom stereocenters. The Morgan fingerprint density at radius 3 is 2.43 bits per heavy atom. The van der Waals surface area contributed by atoms with Crippen LogP contribution in [0.1, 0.15) is 11.1 Å². The summed E-state index contributed by atoms with van der Waals surface area (Å²) in [5.41, 5.74) is 0.645. The second kappa shape index (κ2) is 8.85. The number of nitrogens with one attached hydrogen (secondary N) is 1. The molecule has 0 radical (unpaired) electrons. The van der Waals surface area contributed by atoms with Gasteiger partial charge in [0.05, 0.1) is 19.9 Å². The van der Waals surface area contributed by atoms with E-state index in [0.717, 1.165) is 18.2 Å². The van der Waals surface area contributed by atoms with Crippen LogP contribution < -0.4 is 20.3 Å². The first-order valence-electron chi connectivity index (χ1n) is 8.68. The van der Waals surface area contributed by atoms with E-state index in [1.54, 1.807) is 6.92 Å². The maximum atomic E-state index is 13.5. The molecule has 10 heteroatoms. The zero-order valence-corrected chi connectivity index (χ0v) is 16.0. The maximum absolute atomic E-state index is 13.5. The monoisotopic (exact) mass is 423 g/mol. The summed E-state index contributed by atoms with van der Waals surface area (Å²) < 4.78 is 62.6. The molecule has 158 valence electrons. The zero-order valence-electron chi connectivity index (χ0n) is 16.0. The fourth-order valence-electron chi connectivity index (χ4n) is 2.81. The van der Waals surface area contributed by atoms with Crippen molar-refractivity contribution in [3.05, 3.63) is 75.7 Å². The molecule has 0 fully saturated rings. The van der Waals surface area contributed by atoms with Gasteiger partial charge >= 0.3 is 12.2 Å². The molecule has 0 bridgehead atoms.